The number of benzene rings is 2. The fraction of sp³-hybridized carbons (Fsp3) is 0.273. The molecule has 6 nitrogen and oxygen atoms in total. The Morgan fingerprint density at radius 3 is 2.37 bits per heavy atom. The second-order valence-electron chi connectivity index (χ2n) is 6.74. The zero-order chi connectivity index (χ0) is 21.8. The van der Waals surface area contributed by atoms with Crippen LogP contribution in [0.15, 0.2) is 48.0 Å². The summed E-state index contributed by atoms with van der Waals surface area (Å²) in [6.45, 7) is 0.707. The molecular formula is C22H21Cl2NO5. The molecule has 1 heterocycles. The predicted molar refractivity (Wildman–Crippen MR) is 115 cm³/mol. The normalized spacial score (nSPS) is 18.1. The lowest BCUT2D eigenvalue weighted by atomic mass is 9.95. The lowest BCUT2D eigenvalue weighted by molar-refractivity contribution is -0.140. The maximum atomic E-state index is 12.9. The van der Waals surface area contributed by atoms with Crippen LogP contribution in [0.3, 0.4) is 0 Å². The lowest BCUT2D eigenvalue weighted by Crippen LogP contribution is -2.31. The van der Waals surface area contributed by atoms with Crippen LogP contribution in [0.5, 0.6) is 5.75 Å². The van der Waals surface area contributed by atoms with Crippen LogP contribution in [-0.2, 0) is 14.3 Å². The standard InChI is InChI=1S/C22H21Cl2NO5/c1-29-11-3-10-25-19(14-6-9-16(23)17(24)12-14)18(21(27)22(25)28)20(26)13-4-7-15(30-2)8-5-13/h4-9,12,19,26H,3,10-11H2,1-2H3/b20-18+/t19-/m0/s1. The number of methoxy groups -OCH3 is 2. The van der Waals surface area contributed by atoms with Gasteiger partial charge in [-0.1, -0.05) is 29.3 Å². The molecule has 1 aliphatic heterocycles. The number of ether oxygens (including phenoxy) is 2. The summed E-state index contributed by atoms with van der Waals surface area (Å²) in [4.78, 5) is 27.1. The molecule has 1 saturated heterocycles. The van der Waals surface area contributed by atoms with Gasteiger partial charge in [0, 0.05) is 25.8 Å². The van der Waals surface area contributed by atoms with Gasteiger partial charge in [-0.15, -0.1) is 0 Å². The molecule has 1 N–H and O–H groups in total. The SMILES string of the molecule is COCCCN1C(=O)C(=O)/C(=C(/O)c2ccc(OC)cc2)[C@@H]1c1ccc(Cl)c(Cl)c1. The van der Waals surface area contributed by atoms with Crippen molar-refractivity contribution in [3.63, 3.8) is 0 Å². The van der Waals surface area contributed by atoms with Crippen molar-refractivity contribution in [1.82, 2.24) is 4.90 Å². The average Bonchev–Trinajstić information content (AvgIpc) is 3.00. The van der Waals surface area contributed by atoms with Crippen molar-refractivity contribution in [2.45, 2.75) is 12.5 Å². The molecule has 0 bridgehead atoms. The summed E-state index contributed by atoms with van der Waals surface area (Å²) >= 11 is 12.2. The Kier molecular flexibility index (Phi) is 7.02. The molecule has 8 heteroatoms. The van der Waals surface area contributed by atoms with Crippen LogP contribution in [0.1, 0.15) is 23.6 Å². The second-order valence-corrected chi connectivity index (χ2v) is 7.56. The molecule has 3 rings (SSSR count). The van der Waals surface area contributed by atoms with Crippen molar-refractivity contribution in [1.29, 1.82) is 0 Å². The van der Waals surface area contributed by atoms with E-state index in [9.17, 15) is 14.7 Å². The number of Topliss-reactive ketones (excluding diaryl/α,β-unsaturated/α-hetero) is 1. The topological polar surface area (TPSA) is 76.1 Å². The zero-order valence-corrected chi connectivity index (χ0v) is 18.0. The molecule has 0 aromatic heterocycles. The van der Waals surface area contributed by atoms with Crippen molar-refractivity contribution in [3.8, 4) is 5.75 Å². The van der Waals surface area contributed by atoms with Gasteiger partial charge in [0.25, 0.3) is 11.7 Å². The van der Waals surface area contributed by atoms with Crippen molar-refractivity contribution in [3.05, 3.63) is 69.2 Å². The second kappa shape index (κ2) is 9.51. The van der Waals surface area contributed by atoms with E-state index in [1.165, 1.54) is 12.0 Å². The minimum atomic E-state index is -0.793. The molecular weight excluding hydrogens is 429 g/mol. The van der Waals surface area contributed by atoms with Gasteiger partial charge in [-0.2, -0.15) is 0 Å². The third-order valence-corrected chi connectivity index (χ3v) is 5.65. The highest BCUT2D eigenvalue weighted by Gasteiger charge is 2.45. The number of hydrogen-bond donors (Lipinski definition) is 1. The van der Waals surface area contributed by atoms with Gasteiger partial charge in [-0.25, -0.2) is 0 Å². The molecule has 158 valence electrons. The number of carbonyl (C=O) groups excluding carboxylic acids is 2. The number of hydrogen-bond acceptors (Lipinski definition) is 5. The predicted octanol–water partition coefficient (Wildman–Crippen LogP) is 4.46. The van der Waals surface area contributed by atoms with Crippen LogP contribution in [0.2, 0.25) is 10.0 Å². The summed E-state index contributed by atoms with van der Waals surface area (Å²) in [6, 6.07) is 10.7. The van der Waals surface area contributed by atoms with Crippen molar-refractivity contribution >= 4 is 40.7 Å². The molecule has 30 heavy (non-hydrogen) atoms. The number of aliphatic hydroxyl groups is 1. The average molecular weight is 450 g/mol. The zero-order valence-electron chi connectivity index (χ0n) is 16.5. The van der Waals surface area contributed by atoms with Crippen LogP contribution < -0.4 is 4.74 Å². The molecule has 1 fully saturated rings. The molecule has 0 aliphatic carbocycles. The van der Waals surface area contributed by atoms with E-state index < -0.39 is 17.7 Å². The maximum Gasteiger partial charge on any atom is 0.295 e. The number of ketones is 1. The van der Waals surface area contributed by atoms with Gasteiger partial charge < -0.3 is 19.5 Å². The van der Waals surface area contributed by atoms with Gasteiger partial charge in [-0.05, 0) is 48.4 Å². The molecule has 0 unspecified atom stereocenters. The van der Waals surface area contributed by atoms with Gasteiger partial charge in [0.2, 0.25) is 0 Å². The van der Waals surface area contributed by atoms with Crippen molar-refractivity contribution < 1.29 is 24.2 Å². The smallest absolute Gasteiger partial charge is 0.295 e. The Balaban J connectivity index is 2.12. The largest absolute Gasteiger partial charge is 0.507 e. The molecule has 0 saturated carbocycles. The number of nitrogens with zero attached hydrogens (tertiary/aromatic N) is 1. The van der Waals surface area contributed by atoms with Crippen LogP contribution in [0, 0.1) is 0 Å². The highest BCUT2D eigenvalue weighted by molar-refractivity contribution is 6.46. The first-order valence-corrected chi connectivity index (χ1v) is 10.0. The Hall–Kier alpha value is -2.54. The van der Waals surface area contributed by atoms with Crippen LogP contribution in [0.25, 0.3) is 5.76 Å². The Morgan fingerprint density at radius 1 is 1.07 bits per heavy atom. The molecule has 0 radical (unpaired) electrons. The monoisotopic (exact) mass is 449 g/mol. The van der Waals surface area contributed by atoms with Crippen molar-refractivity contribution in [2.75, 3.05) is 27.4 Å². The molecule has 1 aliphatic rings. The molecule has 0 spiro atoms. The molecule has 2 aromatic carbocycles. The minimum absolute atomic E-state index is 0.000901. The van der Waals surface area contributed by atoms with Gasteiger partial charge >= 0.3 is 0 Å². The van der Waals surface area contributed by atoms with E-state index in [2.05, 4.69) is 0 Å². The lowest BCUT2D eigenvalue weighted by Gasteiger charge is -2.25. The van der Waals surface area contributed by atoms with Crippen LogP contribution in [0.4, 0.5) is 0 Å². The molecule has 1 atom stereocenters. The third kappa shape index (κ3) is 4.31. The van der Waals surface area contributed by atoms with E-state index in [-0.39, 0.29) is 17.9 Å². The molecule has 1 amide bonds. The quantitative estimate of drug-likeness (QED) is 0.292. The first-order valence-electron chi connectivity index (χ1n) is 9.25. The number of rotatable bonds is 7. The van der Waals surface area contributed by atoms with Crippen molar-refractivity contribution in [2.24, 2.45) is 0 Å². The van der Waals surface area contributed by atoms with E-state index in [0.29, 0.717) is 39.9 Å². The first kappa shape index (κ1) is 22.2. The number of likely N-dealkylation sites (tertiary alicyclic amines) is 1. The van der Waals surface area contributed by atoms with E-state index in [1.807, 2.05) is 0 Å². The van der Waals surface area contributed by atoms with Crippen LogP contribution in [-0.4, -0.2) is 49.1 Å². The van der Waals surface area contributed by atoms with Gasteiger partial charge in [0.1, 0.15) is 11.5 Å². The fourth-order valence-electron chi connectivity index (χ4n) is 3.42. The summed E-state index contributed by atoms with van der Waals surface area (Å²) in [5.74, 6) is -1.09. The number of amides is 1. The van der Waals surface area contributed by atoms with E-state index >= 15 is 0 Å². The summed E-state index contributed by atoms with van der Waals surface area (Å²) in [7, 11) is 3.10. The Labute approximate surface area is 184 Å². The Morgan fingerprint density at radius 2 is 1.77 bits per heavy atom. The highest BCUT2D eigenvalue weighted by atomic mass is 35.5. The Bertz CT molecular complexity index is 988. The van der Waals surface area contributed by atoms with Gasteiger partial charge in [0.05, 0.1) is 28.8 Å². The minimum Gasteiger partial charge on any atom is -0.507 e. The third-order valence-electron chi connectivity index (χ3n) is 4.91. The highest BCUT2D eigenvalue weighted by Crippen LogP contribution is 2.41. The summed E-state index contributed by atoms with van der Waals surface area (Å²) in [6.07, 6.45) is 0.532. The first-order chi connectivity index (χ1) is 14.4. The van der Waals surface area contributed by atoms with E-state index in [4.69, 9.17) is 32.7 Å². The number of halogens is 2. The summed E-state index contributed by atoms with van der Waals surface area (Å²) in [5.41, 5.74) is 0.979. The number of aliphatic hydroxyl groups excluding tert-OH is 1. The van der Waals surface area contributed by atoms with Crippen LogP contribution >= 0.6 is 23.2 Å². The molecule has 2 aromatic rings. The van der Waals surface area contributed by atoms with E-state index in [1.54, 1.807) is 49.6 Å². The fourth-order valence-corrected chi connectivity index (χ4v) is 3.73. The maximum absolute atomic E-state index is 12.9. The number of carbonyl (C=O) groups is 2. The van der Waals surface area contributed by atoms with Gasteiger partial charge in [0.15, 0.2) is 0 Å². The summed E-state index contributed by atoms with van der Waals surface area (Å²) < 4.78 is 10.2. The van der Waals surface area contributed by atoms with E-state index in [0.717, 1.165) is 0 Å². The summed E-state index contributed by atoms with van der Waals surface area (Å²) in [5, 5.41) is 11.6. The van der Waals surface area contributed by atoms with Gasteiger partial charge in [-0.3, -0.25) is 9.59 Å².